The van der Waals surface area contributed by atoms with E-state index in [2.05, 4.69) is 67.8 Å². The Balaban J connectivity index is 3.47. The maximum atomic E-state index is 12.5. The Labute approximate surface area is 486 Å². The van der Waals surface area contributed by atoms with Gasteiger partial charge >= 0.3 is 5.97 Å². The van der Waals surface area contributed by atoms with E-state index in [1.54, 1.807) is 0 Å². The van der Waals surface area contributed by atoms with Gasteiger partial charge in [0, 0.05) is 12.8 Å². The highest BCUT2D eigenvalue weighted by Gasteiger charge is 2.20. The van der Waals surface area contributed by atoms with Gasteiger partial charge in [0.15, 0.2) is 0 Å². The summed E-state index contributed by atoms with van der Waals surface area (Å²) in [4.78, 5) is 24.7. The van der Waals surface area contributed by atoms with E-state index >= 15 is 0 Å². The van der Waals surface area contributed by atoms with Crippen LogP contribution >= 0.6 is 0 Å². The fraction of sp³-hybridized carbons (Fsp3) is 0.861. The number of hydrogen-bond donors (Lipinski definition) is 3. The Morgan fingerprint density at radius 1 is 0.359 bits per heavy atom. The molecule has 2 unspecified atom stereocenters. The summed E-state index contributed by atoms with van der Waals surface area (Å²) in [6.07, 6.45) is 87.2. The lowest BCUT2D eigenvalue weighted by Gasteiger charge is -2.22. The fourth-order valence-electron chi connectivity index (χ4n) is 10.8. The first kappa shape index (κ1) is 75.8. The van der Waals surface area contributed by atoms with Crippen LogP contribution in [0.15, 0.2) is 48.6 Å². The first-order valence-corrected chi connectivity index (χ1v) is 34.9. The molecular weight excluding hydrogens is 959 g/mol. The van der Waals surface area contributed by atoms with Crippen molar-refractivity contribution in [2.75, 3.05) is 13.2 Å². The normalized spacial score (nSPS) is 12.8. The molecule has 0 aromatic rings. The maximum Gasteiger partial charge on any atom is 0.305 e. The molecule has 0 saturated carbocycles. The molecule has 3 N–H and O–H groups in total. The van der Waals surface area contributed by atoms with Crippen LogP contribution in [-0.2, 0) is 14.3 Å². The Hall–Kier alpha value is -2.18. The number of allylic oxidation sites excluding steroid dienone is 8. The van der Waals surface area contributed by atoms with E-state index in [1.807, 2.05) is 0 Å². The minimum absolute atomic E-state index is 0.0186. The molecule has 6 nitrogen and oxygen atoms in total. The van der Waals surface area contributed by atoms with Gasteiger partial charge in [-0.05, 0) is 96.3 Å². The van der Waals surface area contributed by atoms with Crippen molar-refractivity contribution in [3.05, 3.63) is 48.6 Å². The van der Waals surface area contributed by atoms with Gasteiger partial charge in [0.25, 0.3) is 0 Å². The Kier molecular flexibility index (Phi) is 65.4. The lowest BCUT2D eigenvalue weighted by molar-refractivity contribution is -0.143. The topological polar surface area (TPSA) is 95.9 Å². The maximum absolute atomic E-state index is 12.5. The zero-order chi connectivity index (χ0) is 56.4. The van der Waals surface area contributed by atoms with Crippen molar-refractivity contribution >= 4 is 11.9 Å². The predicted molar refractivity (Wildman–Crippen MR) is 342 cm³/mol. The van der Waals surface area contributed by atoms with Crippen molar-refractivity contribution in [2.45, 2.75) is 386 Å². The molecule has 1 amide bonds. The first-order valence-electron chi connectivity index (χ1n) is 34.9. The SMILES string of the molecule is CCCCC/C=C\C/C=C\CCCCCCCCCCCC(=O)OCCCCC/C=C\C/C=C\CCCCCCCCCC(=O)NC(CO)C(O)CCCCCCCCCCCCCCCCCCCCCCCCCCC. The molecule has 0 heterocycles. The minimum Gasteiger partial charge on any atom is -0.466 e. The standard InChI is InChI=1S/C72H135NO5/c1-3-5-7-9-11-13-15-17-19-21-23-24-25-26-27-28-30-32-36-40-44-48-52-56-60-64-70(75)69(68-74)73-71(76)65-61-57-53-49-45-41-37-33-31-35-39-43-47-51-55-59-63-67-78-72(77)66-62-58-54-50-46-42-38-34-29-22-20-18-16-14-12-10-8-6-4-2/h12,14,18,20,31,35,43,47,69-70,74-75H,3-11,13,15-17,19,21-30,32-34,36-42,44-46,48-68H2,1-2H3,(H,73,76)/b14-12-,20-18-,35-31-,47-43-. The monoisotopic (exact) mass is 1090 g/mol. The van der Waals surface area contributed by atoms with Gasteiger partial charge in [-0.15, -0.1) is 0 Å². The van der Waals surface area contributed by atoms with Crippen LogP contribution in [0, 0.1) is 0 Å². The number of unbranched alkanes of at least 4 members (excludes halogenated alkanes) is 46. The van der Waals surface area contributed by atoms with E-state index < -0.39 is 12.1 Å². The number of aliphatic hydroxyl groups excluding tert-OH is 2. The van der Waals surface area contributed by atoms with Crippen molar-refractivity contribution in [3.8, 4) is 0 Å². The number of esters is 1. The van der Waals surface area contributed by atoms with Crippen molar-refractivity contribution in [3.63, 3.8) is 0 Å². The van der Waals surface area contributed by atoms with E-state index in [0.29, 0.717) is 25.9 Å². The van der Waals surface area contributed by atoms with Crippen LogP contribution in [-0.4, -0.2) is 47.4 Å². The summed E-state index contributed by atoms with van der Waals surface area (Å²) >= 11 is 0. The molecule has 0 aliphatic heterocycles. The third-order valence-electron chi connectivity index (χ3n) is 16.1. The summed E-state index contributed by atoms with van der Waals surface area (Å²) in [6.45, 7) is 4.91. The van der Waals surface area contributed by atoms with Gasteiger partial charge < -0.3 is 20.3 Å². The van der Waals surface area contributed by atoms with Crippen LogP contribution in [0.25, 0.3) is 0 Å². The van der Waals surface area contributed by atoms with Gasteiger partial charge in [-0.25, -0.2) is 0 Å². The summed E-state index contributed by atoms with van der Waals surface area (Å²) < 4.78 is 5.48. The van der Waals surface area contributed by atoms with Crippen LogP contribution in [0.4, 0.5) is 0 Å². The number of amides is 1. The molecule has 78 heavy (non-hydrogen) atoms. The van der Waals surface area contributed by atoms with Crippen molar-refractivity contribution in [2.24, 2.45) is 0 Å². The number of carbonyl (C=O) groups excluding carboxylic acids is 2. The number of hydrogen-bond acceptors (Lipinski definition) is 5. The van der Waals surface area contributed by atoms with Crippen molar-refractivity contribution in [1.82, 2.24) is 5.32 Å². The second-order valence-electron chi connectivity index (χ2n) is 23.9. The fourth-order valence-corrected chi connectivity index (χ4v) is 10.8. The molecule has 0 aromatic heterocycles. The van der Waals surface area contributed by atoms with Gasteiger partial charge in [0.05, 0.1) is 25.4 Å². The van der Waals surface area contributed by atoms with E-state index in [1.165, 1.54) is 250 Å². The minimum atomic E-state index is -0.678. The quantitative estimate of drug-likeness (QED) is 0.0320. The number of nitrogens with one attached hydrogen (secondary N) is 1. The highest BCUT2D eigenvalue weighted by atomic mass is 16.5. The van der Waals surface area contributed by atoms with Crippen LogP contribution < -0.4 is 5.32 Å². The number of aliphatic hydroxyl groups is 2. The summed E-state index contributed by atoms with van der Waals surface area (Å²) in [7, 11) is 0. The molecule has 0 aliphatic rings. The molecule has 0 aliphatic carbocycles. The lowest BCUT2D eigenvalue weighted by Crippen LogP contribution is -2.45. The predicted octanol–water partition coefficient (Wildman–Crippen LogP) is 22.5. The Morgan fingerprint density at radius 2 is 0.641 bits per heavy atom. The van der Waals surface area contributed by atoms with Crippen LogP contribution in [0.2, 0.25) is 0 Å². The summed E-state index contributed by atoms with van der Waals surface area (Å²) in [5.41, 5.74) is 0. The van der Waals surface area contributed by atoms with Crippen LogP contribution in [0.5, 0.6) is 0 Å². The molecule has 0 spiro atoms. The summed E-state index contributed by atoms with van der Waals surface area (Å²) in [5, 5.41) is 23.4. The van der Waals surface area contributed by atoms with Gasteiger partial charge in [-0.1, -0.05) is 313 Å². The number of carbonyl (C=O) groups is 2. The van der Waals surface area contributed by atoms with E-state index in [-0.39, 0.29) is 18.5 Å². The van der Waals surface area contributed by atoms with Crippen molar-refractivity contribution in [1.29, 1.82) is 0 Å². The van der Waals surface area contributed by atoms with Gasteiger partial charge in [0.1, 0.15) is 0 Å². The molecule has 6 heteroatoms. The van der Waals surface area contributed by atoms with Gasteiger partial charge in [-0.2, -0.15) is 0 Å². The highest BCUT2D eigenvalue weighted by Crippen LogP contribution is 2.18. The zero-order valence-corrected chi connectivity index (χ0v) is 52.4. The second-order valence-corrected chi connectivity index (χ2v) is 23.9. The Morgan fingerprint density at radius 3 is 1.00 bits per heavy atom. The molecule has 0 bridgehead atoms. The molecule has 0 rings (SSSR count). The zero-order valence-electron chi connectivity index (χ0n) is 52.4. The van der Waals surface area contributed by atoms with E-state index in [9.17, 15) is 19.8 Å². The highest BCUT2D eigenvalue weighted by molar-refractivity contribution is 5.76. The number of ether oxygens (including phenoxy) is 1. The second kappa shape index (κ2) is 67.3. The summed E-state index contributed by atoms with van der Waals surface area (Å²) in [6, 6.07) is -0.557. The molecule has 0 saturated heterocycles. The van der Waals surface area contributed by atoms with E-state index in [4.69, 9.17) is 4.74 Å². The smallest absolute Gasteiger partial charge is 0.305 e. The molecule has 2 atom stereocenters. The summed E-state index contributed by atoms with van der Waals surface area (Å²) in [5.74, 6) is -0.0664. The largest absolute Gasteiger partial charge is 0.466 e. The van der Waals surface area contributed by atoms with Crippen molar-refractivity contribution < 1.29 is 24.5 Å². The average molecular weight is 1090 g/mol. The third kappa shape index (κ3) is 63.0. The van der Waals surface area contributed by atoms with Gasteiger partial charge in [-0.3, -0.25) is 9.59 Å². The number of rotatable bonds is 65. The lowest BCUT2D eigenvalue weighted by atomic mass is 10.0. The molecule has 0 aromatic carbocycles. The van der Waals surface area contributed by atoms with Gasteiger partial charge in [0.2, 0.25) is 5.91 Å². The Bertz CT molecular complexity index is 1310. The van der Waals surface area contributed by atoms with Crippen LogP contribution in [0.3, 0.4) is 0 Å². The van der Waals surface area contributed by atoms with Crippen LogP contribution in [0.1, 0.15) is 373 Å². The molecule has 0 fully saturated rings. The van der Waals surface area contributed by atoms with E-state index in [0.717, 1.165) is 89.9 Å². The third-order valence-corrected chi connectivity index (χ3v) is 16.1. The average Bonchev–Trinajstić information content (AvgIpc) is 3.44. The molecular formula is C72H135NO5. The molecule has 458 valence electrons. The molecule has 0 radical (unpaired) electrons. The first-order chi connectivity index (χ1) is 38.5.